The Balaban J connectivity index is 3.05. The quantitative estimate of drug-likeness (QED) is 0.651. The zero-order chi connectivity index (χ0) is 9.35. The second-order valence-corrected chi connectivity index (χ2v) is 3.15. The Morgan fingerprint density at radius 2 is 1.83 bits per heavy atom. The lowest BCUT2D eigenvalue weighted by Gasteiger charge is -2.24. The zero-order valence-corrected chi connectivity index (χ0v) is 8.20. The minimum atomic E-state index is -1.16. The van der Waals surface area contributed by atoms with E-state index in [0.29, 0.717) is 0 Å². The number of halogens is 2. The molecule has 5 heteroatoms. The van der Waals surface area contributed by atoms with E-state index >= 15 is 0 Å². The van der Waals surface area contributed by atoms with Crippen molar-refractivity contribution in [3.63, 3.8) is 0 Å². The van der Waals surface area contributed by atoms with E-state index in [9.17, 15) is 4.79 Å². The van der Waals surface area contributed by atoms with Crippen LogP contribution in [0.15, 0.2) is 10.1 Å². The van der Waals surface area contributed by atoms with Crippen LogP contribution in [-0.4, -0.2) is 25.8 Å². The Labute approximate surface area is 80.2 Å². The number of methoxy groups -OCH3 is 2. The first-order valence-corrected chi connectivity index (χ1v) is 4.02. The average molecular weight is 211 g/mol. The number of ether oxygens (including phenoxy) is 2. The Kier molecular flexibility index (Phi) is 2.78. The van der Waals surface area contributed by atoms with Crippen LogP contribution >= 0.6 is 23.2 Å². The van der Waals surface area contributed by atoms with Crippen molar-refractivity contribution in [3.8, 4) is 0 Å². The summed E-state index contributed by atoms with van der Waals surface area (Å²) >= 11 is 11.4. The monoisotopic (exact) mass is 210 g/mol. The van der Waals surface area contributed by atoms with Crippen molar-refractivity contribution in [2.75, 3.05) is 14.2 Å². The number of allylic oxidation sites excluding steroid dienone is 1. The molecule has 0 fully saturated rings. The highest BCUT2D eigenvalue weighted by Crippen LogP contribution is 2.40. The summed E-state index contributed by atoms with van der Waals surface area (Å²) in [5.74, 6) is -1.42. The Morgan fingerprint density at radius 3 is 2.00 bits per heavy atom. The van der Waals surface area contributed by atoms with Crippen molar-refractivity contribution in [3.05, 3.63) is 10.1 Å². The molecular formula is C7H8Cl2O3. The second kappa shape index (κ2) is 3.34. The van der Waals surface area contributed by atoms with Crippen molar-refractivity contribution in [2.24, 2.45) is 0 Å². The maximum Gasteiger partial charge on any atom is 0.214 e. The normalized spacial score (nSPS) is 22.2. The summed E-state index contributed by atoms with van der Waals surface area (Å²) in [5.41, 5.74) is 0. The summed E-state index contributed by atoms with van der Waals surface area (Å²) in [6.07, 6.45) is 0.0394. The fourth-order valence-electron chi connectivity index (χ4n) is 1.06. The van der Waals surface area contributed by atoms with Crippen LogP contribution < -0.4 is 0 Å². The molecule has 12 heavy (non-hydrogen) atoms. The molecular weight excluding hydrogens is 203 g/mol. The fraction of sp³-hybridized carbons (Fsp3) is 0.571. The van der Waals surface area contributed by atoms with Crippen molar-refractivity contribution in [1.82, 2.24) is 0 Å². The topological polar surface area (TPSA) is 35.5 Å². The minimum Gasteiger partial charge on any atom is -0.348 e. The molecule has 0 aliphatic heterocycles. The van der Waals surface area contributed by atoms with E-state index in [-0.39, 0.29) is 22.3 Å². The summed E-state index contributed by atoms with van der Waals surface area (Å²) < 4.78 is 9.97. The third-order valence-corrected chi connectivity index (χ3v) is 2.80. The van der Waals surface area contributed by atoms with E-state index in [2.05, 4.69) is 0 Å². The number of rotatable bonds is 2. The molecule has 0 bridgehead atoms. The molecule has 0 N–H and O–H groups in total. The van der Waals surface area contributed by atoms with Crippen LogP contribution in [0.5, 0.6) is 0 Å². The molecule has 0 aromatic heterocycles. The Hall–Kier alpha value is -0.0900. The van der Waals surface area contributed by atoms with Gasteiger partial charge in [-0.1, -0.05) is 23.2 Å². The number of hydrogen-bond donors (Lipinski definition) is 0. The predicted molar refractivity (Wildman–Crippen MR) is 45.1 cm³/mol. The van der Waals surface area contributed by atoms with Crippen LogP contribution in [0.2, 0.25) is 0 Å². The van der Waals surface area contributed by atoms with E-state index in [0.717, 1.165) is 0 Å². The number of hydrogen-bond acceptors (Lipinski definition) is 3. The van der Waals surface area contributed by atoms with Gasteiger partial charge in [-0.05, 0) is 0 Å². The predicted octanol–water partition coefficient (Wildman–Crippen LogP) is 1.64. The van der Waals surface area contributed by atoms with Crippen molar-refractivity contribution in [2.45, 2.75) is 12.2 Å². The highest BCUT2D eigenvalue weighted by atomic mass is 35.5. The molecule has 68 valence electrons. The molecule has 0 saturated carbocycles. The smallest absolute Gasteiger partial charge is 0.214 e. The minimum absolute atomic E-state index is 0.000340. The van der Waals surface area contributed by atoms with E-state index in [1.807, 2.05) is 0 Å². The summed E-state index contributed by atoms with van der Waals surface area (Å²) in [6, 6.07) is 0. The lowest BCUT2D eigenvalue weighted by molar-refractivity contribution is -0.174. The van der Waals surface area contributed by atoms with Crippen molar-refractivity contribution in [1.29, 1.82) is 0 Å². The third kappa shape index (κ3) is 1.27. The van der Waals surface area contributed by atoms with Gasteiger partial charge >= 0.3 is 0 Å². The van der Waals surface area contributed by atoms with Gasteiger partial charge in [0.25, 0.3) is 0 Å². The van der Waals surface area contributed by atoms with Crippen LogP contribution in [0.1, 0.15) is 6.42 Å². The highest BCUT2D eigenvalue weighted by Gasteiger charge is 2.45. The molecule has 0 aromatic carbocycles. The molecule has 0 unspecified atom stereocenters. The molecule has 3 nitrogen and oxygen atoms in total. The van der Waals surface area contributed by atoms with Gasteiger partial charge in [0.1, 0.15) is 5.03 Å². The fourth-order valence-corrected chi connectivity index (χ4v) is 1.60. The lowest BCUT2D eigenvalue weighted by atomic mass is 10.2. The SMILES string of the molecule is COC1(OC)CC(=O)C(Cl)=C1Cl. The van der Waals surface area contributed by atoms with Gasteiger partial charge in [-0.3, -0.25) is 4.79 Å². The molecule has 0 radical (unpaired) electrons. The van der Waals surface area contributed by atoms with Gasteiger partial charge in [0.05, 0.1) is 11.5 Å². The molecule has 0 heterocycles. The van der Waals surface area contributed by atoms with Gasteiger partial charge < -0.3 is 9.47 Å². The molecule has 0 aromatic rings. The van der Waals surface area contributed by atoms with Crippen LogP contribution in [0.25, 0.3) is 0 Å². The third-order valence-electron chi connectivity index (χ3n) is 1.82. The Morgan fingerprint density at radius 1 is 1.33 bits per heavy atom. The van der Waals surface area contributed by atoms with Gasteiger partial charge in [0, 0.05) is 14.2 Å². The lowest BCUT2D eigenvalue weighted by Crippen LogP contribution is -2.32. The first kappa shape index (κ1) is 9.99. The molecule has 0 amide bonds. The van der Waals surface area contributed by atoms with Crippen molar-refractivity contribution < 1.29 is 14.3 Å². The van der Waals surface area contributed by atoms with Gasteiger partial charge in [-0.15, -0.1) is 0 Å². The number of Topliss-reactive ketones (excluding diaryl/α,β-unsaturated/α-hetero) is 1. The summed E-state index contributed by atoms with van der Waals surface area (Å²) in [4.78, 5) is 11.1. The van der Waals surface area contributed by atoms with Crippen LogP contribution in [0.4, 0.5) is 0 Å². The molecule has 0 saturated heterocycles. The molecule has 1 aliphatic carbocycles. The average Bonchev–Trinajstić information content (AvgIpc) is 2.30. The number of carbonyl (C=O) groups excluding carboxylic acids is 1. The maximum atomic E-state index is 11.1. The van der Waals surface area contributed by atoms with E-state index in [4.69, 9.17) is 32.7 Å². The van der Waals surface area contributed by atoms with Crippen LogP contribution in [0, 0.1) is 0 Å². The first-order valence-electron chi connectivity index (χ1n) is 3.26. The molecule has 1 aliphatic rings. The summed E-state index contributed by atoms with van der Waals surface area (Å²) in [6.45, 7) is 0. The van der Waals surface area contributed by atoms with Crippen LogP contribution in [-0.2, 0) is 14.3 Å². The standard InChI is InChI=1S/C7H8Cl2O3/c1-11-7(12-2)3-4(10)5(8)6(7)9/h3H2,1-2H3. The largest absolute Gasteiger partial charge is 0.348 e. The molecule has 0 atom stereocenters. The van der Waals surface area contributed by atoms with E-state index < -0.39 is 5.79 Å². The van der Waals surface area contributed by atoms with E-state index in [1.165, 1.54) is 14.2 Å². The number of carbonyl (C=O) groups is 1. The number of ketones is 1. The van der Waals surface area contributed by atoms with Crippen LogP contribution in [0.3, 0.4) is 0 Å². The van der Waals surface area contributed by atoms with Gasteiger partial charge in [-0.25, -0.2) is 0 Å². The second-order valence-electron chi connectivity index (χ2n) is 2.39. The molecule has 1 rings (SSSR count). The van der Waals surface area contributed by atoms with Gasteiger partial charge in [-0.2, -0.15) is 0 Å². The maximum absolute atomic E-state index is 11.1. The van der Waals surface area contributed by atoms with Gasteiger partial charge in [0.2, 0.25) is 5.79 Å². The van der Waals surface area contributed by atoms with Gasteiger partial charge in [0.15, 0.2) is 5.78 Å². The zero-order valence-electron chi connectivity index (χ0n) is 6.69. The first-order chi connectivity index (χ1) is 5.57. The van der Waals surface area contributed by atoms with Crippen molar-refractivity contribution >= 4 is 29.0 Å². The van der Waals surface area contributed by atoms with E-state index in [1.54, 1.807) is 0 Å². The summed E-state index contributed by atoms with van der Waals surface area (Å²) in [7, 11) is 2.82. The highest BCUT2D eigenvalue weighted by molar-refractivity contribution is 6.50. The Bertz CT molecular complexity index is 243. The molecule has 0 spiro atoms. The summed E-state index contributed by atoms with van der Waals surface area (Å²) in [5, 5.41) is 0.125.